The van der Waals surface area contributed by atoms with Crippen LogP contribution in [0.25, 0.3) is 0 Å². The third-order valence-corrected chi connectivity index (χ3v) is 4.89. The number of carbonyl (C=O) groups is 3. The number of hydrogen-bond acceptors (Lipinski definition) is 6. The van der Waals surface area contributed by atoms with E-state index >= 15 is 0 Å². The summed E-state index contributed by atoms with van der Waals surface area (Å²) in [5.74, 6) is 0.825. The lowest BCUT2D eigenvalue weighted by Crippen LogP contribution is -2.51. The summed E-state index contributed by atoms with van der Waals surface area (Å²) in [6.45, 7) is 2.09. The van der Waals surface area contributed by atoms with Crippen LogP contribution in [0.4, 0.5) is 0 Å². The van der Waals surface area contributed by atoms with Gasteiger partial charge in [0.05, 0.1) is 6.26 Å². The molecule has 0 bridgehead atoms. The van der Waals surface area contributed by atoms with Crippen LogP contribution < -0.4 is 14.8 Å². The second kappa shape index (κ2) is 8.26. The highest BCUT2D eigenvalue weighted by atomic mass is 16.7. The van der Waals surface area contributed by atoms with E-state index in [0.717, 1.165) is 5.56 Å². The van der Waals surface area contributed by atoms with Crippen molar-refractivity contribution < 1.29 is 28.3 Å². The van der Waals surface area contributed by atoms with Gasteiger partial charge in [0.15, 0.2) is 17.3 Å². The molecule has 0 aliphatic carbocycles. The Balaban J connectivity index is 1.21. The molecule has 9 heteroatoms. The number of hydrogen-bond donors (Lipinski definition) is 1. The summed E-state index contributed by atoms with van der Waals surface area (Å²) in [5, 5.41) is 2.75. The Labute approximate surface area is 167 Å². The molecule has 1 aromatic carbocycles. The fourth-order valence-electron chi connectivity index (χ4n) is 3.28. The first kappa shape index (κ1) is 18.9. The molecule has 1 N–H and O–H groups in total. The molecule has 152 valence electrons. The highest BCUT2D eigenvalue weighted by Gasteiger charge is 2.26. The molecule has 2 aromatic rings. The van der Waals surface area contributed by atoms with Crippen LogP contribution in [0, 0.1) is 0 Å². The zero-order valence-corrected chi connectivity index (χ0v) is 15.8. The smallest absolute Gasteiger partial charge is 0.289 e. The van der Waals surface area contributed by atoms with Gasteiger partial charge in [-0.05, 0) is 29.8 Å². The van der Waals surface area contributed by atoms with E-state index in [9.17, 15) is 14.4 Å². The molecule has 1 fully saturated rings. The maximum absolute atomic E-state index is 12.4. The standard InChI is InChI=1S/C20H21N3O6/c24-18(21-12-14-3-4-15-17(10-14)29-13-28-15)11-19(25)22-5-7-23(8-6-22)20(26)16-2-1-9-27-16/h1-4,9-10H,5-8,11-13H2,(H,21,24). The minimum Gasteiger partial charge on any atom is -0.459 e. The van der Waals surface area contributed by atoms with Gasteiger partial charge in [-0.3, -0.25) is 14.4 Å². The molecule has 1 aromatic heterocycles. The summed E-state index contributed by atoms with van der Waals surface area (Å²) < 4.78 is 15.7. The van der Waals surface area contributed by atoms with E-state index in [1.165, 1.54) is 6.26 Å². The van der Waals surface area contributed by atoms with Crippen molar-refractivity contribution in [2.24, 2.45) is 0 Å². The zero-order valence-electron chi connectivity index (χ0n) is 15.8. The molecule has 3 heterocycles. The van der Waals surface area contributed by atoms with Crippen LogP contribution >= 0.6 is 0 Å². The molecule has 4 rings (SSSR count). The highest BCUT2D eigenvalue weighted by Crippen LogP contribution is 2.32. The number of nitrogens with one attached hydrogen (secondary N) is 1. The lowest BCUT2D eigenvalue weighted by atomic mass is 10.2. The predicted octanol–water partition coefficient (Wildman–Crippen LogP) is 0.999. The maximum atomic E-state index is 12.4. The molecule has 9 nitrogen and oxygen atoms in total. The van der Waals surface area contributed by atoms with Crippen molar-refractivity contribution >= 4 is 17.7 Å². The summed E-state index contributed by atoms with van der Waals surface area (Å²) in [7, 11) is 0. The normalized spacial score (nSPS) is 15.3. The summed E-state index contributed by atoms with van der Waals surface area (Å²) in [6, 6.07) is 8.71. The van der Waals surface area contributed by atoms with E-state index in [1.807, 2.05) is 6.07 Å². The fourth-order valence-corrected chi connectivity index (χ4v) is 3.28. The molecule has 0 radical (unpaired) electrons. The number of benzene rings is 1. The number of piperazine rings is 1. The average molecular weight is 399 g/mol. The second-order valence-corrected chi connectivity index (χ2v) is 6.79. The Morgan fingerprint density at radius 3 is 2.48 bits per heavy atom. The van der Waals surface area contributed by atoms with Crippen molar-refractivity contribution in [2.75, 3.05) is 33.0 Å². The van der Waals surface area contributed by atoms with Gasteiger partial charge in [-0.15, -0.1) is 0 Å². The van der Waals surface area contributed by atoms with Gasteiger partial charge in [0.25, 0.3) is 5.91 Å². The van der Waals surface area contributed by atoms with Crippen molar-refractivity contribution in [3.63, 3.8) is 0 Å². The van der Waals surface area contributed by atoms with E-state index < -0.39 is 0 Å². The number of furan rings is 1. The molecule has 0 saturated carbocycles. The molecule has 3 amide bonds. The third kappa shape index (κ3) is 4.34. The first-order valence-corrected chi connectivity index (χ1v) is 9.36. The van der Waals surface area contributed by atoms with Crippen molar-refractivity contribution in [1.82, 2.24) is 15.1 Å². The van der Waals surface area contributed by atoms with Crippen LogP contribution in [0.5, 0.6) is 11.5 Å². The number of carbonyl (C=O) groups excluding carboxylic acids is 3. The van der Waals surface area contributed by atoms with E-state index in [2.05, 4.69) is 5.32 Å². The van der Waals surface area contributed by atoms with Crippen LogP contribution in [0.1, 0.15) is 22.5 Å². The van der Waals surface area contributed by atoms with Gasteiger partial charge >= 0.3 is 0 Å². The molecule has 0 unspecified atom stereocenters. The lowest BCUT2D eigenvalue weighted by molar-refractivity contribution is -0.137. The summed E-state index contributed by atoms with van der Waals surface area (Å²) in [4.78, 5) is 40.0. The Hall–Kier alpha value is -3.49. The summed E-state index contributed by atoms with van der Waals surface area (Å²) in [6.07, 6.45) is 1.23. The van der Waals surface area contributed by atoms with E-state index in [-0.39, 0.29) is 36.7 Å². The predicted molar refractivity (Wildman–Crippen MR) is 100 cm³/mol. The quantitative estimate of drug-likeness (QED) is 0.753. The molecular weight excluding hydrogens is 378 g/mol. The van der Waals surface area contributed by atoms with Crippen molar-refractivity contribution in [3.05, 3.63) is 47.9 Å². The Morgan fingerprint density at radius 2 is 1.72 bits per heavy atom. The topological polar surface area (TPSA) is 101 Å². The van der Waals surface area contributed by atoms with E-state index in [0.29, 0.717) is 44.2 Å². The molecule has 2 aliphatic rings. The van der Waals surface area contributed by atoms with Crippen LogP contribution in [-0.2, 0) is 16.1 Å². The Bertz CT molecular complexity index is 903. The van der Waals surface area contributed by atoms with E-state index in [1.54, 1.807) is 34.1 Å². The Morgan fingerprint density at radius 1 is 0.966 bits per heavy atom. The van der Waals surface area contributed by atoms with Gasteiger partial charge in [0, 0.05) is 32.7 Å². The van der Waals surface area contributed by atoms with Crippen LogP contribution in [0.15, 0.2) is 41.0 Å². The fraction of sp³-hybridized carbons (Fsp3) is 0.350. The molecule has 0 atom stereocenters. The number of rotatable bonds is 5. The monoisotopic (exact) mass is 399 g/mol. The van der Waals surface area contributed by atoms with Gasteiger partial charge in [-0.25, -0.2) is 0 Å². The maximum Gasteiger partial charge on any atom is 0.289 e. The van der Waals surface area contributed by atoms with Crippen molar-refractivity contribution in [2.45, 2.75) is 13.0 Å². The lowest BCUT2D eigenvalue weighted by Gasteiger charge is -2.34. The number of ether oxygens (including phenoxy) is 2. The van der Waals surface area contributed by atoms with E-state index in [4.69, 9.17) is 13.9 Å². The van der Waals surface area contributed by atoms with Gasteiger partial charge in [-0.1, -0.05) is 6.07 Å². The average Bonchev–Trinajstić information content (AvgIpc) is 3.43. The largest absolute Gasteiger partial charge is 0.459 e. The third-order valence-electron chi connectivity index (χ3n) is 4.89. The zero-order chi connectivity index (χ0) is 20.2. The number of fused-ring (bicyclic) bond motifs is 1. The van der Waals surface area contributed by atoms with Crippen molar-refractivity contribution in [1.29, 1.82) is 0 Å². The van der Waals surface area contributed by atoms with Crippen molar-refractivity contribution in [3.8, 4) is 11.5 Å². The van der Waals surface area contributed by atoms with Crippen LogP contribution in [-0.4, -0.2) is 60.5 Å². The van der Waals surface area contributed by atoms with Crippen LogP contribution in [0.3, 0.4) is 0 Å². The van der Waals surface area contributed by atoms with Gasteiger partial charge in [-0.2, -0.15) is 0 Å². The molecule has 2 aliphatic heterocycles. The highest BCUT2D eigenvalue weighted by molar-refractivity contribution is 5.97. The first-order valence-electron chi connectivity index (χ1n) is 9.36. The number of nitrogens with zero attached hydrogens (tertiary/aromatic N) is 2. The van der Waals surface area contributed by atoms with Crippen LogP contribution in [0.2, 0.25) is 0 Å². The second-order valence-electron chi connectivity index (χ2n) is 6.79. The van der Waals surface area contributed by atoms with Gasteiger partial charge < -0.3 is 29.0 Å². The molecule has 0 spiro atoms. The minimum atomic E-state index is -0.346. The SMILES string of the molecule is O=C(CC(=O)N1CCN(C(=O)c2ccco2)CC1)NCc1ccc2c(c1)OCO2. The first-order chi connectivity index (χ1) is 14.1. The number of amides is 3. The molecule has 1 saturated heterocycles. The van der Waals surface area contributed by atoms with Gasteiger partial charge in [0.2, 0.25) is 18.6 Å². The molecule has 29 heavy (non-hydrogen) atoms. The minimum absolute atomic E-state index is 0.191. The van der Waals surface area contributed by atoms with Gasteiger partial charge in [0.1, 0.15) is 6.42 Å². The summed E-state index contributed by atoms with van der Waals surface area (Å²) in [5.41, 5.74) is 0.861. The summed E-state index contributed by atoms with van der Waals surface area (Å²) >= 11 is 0. The Kier molecular flexibility index (Phi) is 5.37. The molecular formula is C20H21N3O6.